The summed E-state index contributed by atoms with van der Waals surface area (Å²) in [5.74, 6) is 4.52. The average molecular weight is 399 g/mol. The summed E-state index contributed by atoms with van der Waals surface area (Å²) < 4.78 is 6.35. The monoisotopic (exact) mass is 398 g/mol. The van der Waals surface area contributed by atoms with E-state index in [-0.39, 0.29) is 5.60 Å². The van der Waals surface area contributed by atoms with Gasteiger partial charge < -0.3 is 9.53 Å². The Morgan fingerprint density at radius 2 is 1.86 bits per heavy atom. The SMILES string of the molecule is C=C1CCOC12CC[C@]1(C)C3CC[C@@]4(C)C(CC[C@@H]4CCCC=O)C3CC[C@H]1C2. The zero-order chi connectivity index (χ0) is 20.3. The fourth-order valence-electron chi connectivity index (χ4n) is 9.41. The molecular formula is C27H42O2. The minimum atomic E-state index is 0.0389. The van der Waals surface area contributed by atoms with Crippen molar-refractivity contribution in [1.29, 1.82) is 0 Å². The minimum absolute atomic E-state index is 0.0389. The van der Waals surface area contributed by atoms with E-state index in [0.717, 1.165) is 61.7 Å². The number of unbranched alkanes of at least 4 members (excludes halogenated alkanes) is 1. The molecule has 4 aliphatic carbocycles. The van der Waals surface area contributed by atoms with Crippen molar-refractivity contribution in [3.05, 3.63) is 12.2 Å². The van der Waals surface area contributed by atoms with Gasteiger partial charge in [-0.3, -0.25) is 0 Å². The average Bonchev–Trinajstić information content (AvgIpc) is 3.23. The second-order valence-electron chi connectivity index (χ2n) is 12.0. The second-order valence-corrected chi connectivity index (χ2v) is 12.0. The Labute approximate surface area is 178 Å². The van der Waals surface area contributed by atoms with E-state index in [9.17, 15) is 4.79 Å². The van der Waals surface area contributed by atoms with Crippen LogP contribution in [-0.4, -0.2) is 18.5 Å². The number of carbonyl (C=O) groups is 1. The highest BCUT2D eigenvalue weighted by molar-refractivity contribution is 5.48. The summed E-state index contributed by atoms with van der Waals surface area (Å²) in [5, 5.41) is 0. The van der Waals surface area contributed by atoms with Gasteiger partial charge in [-0.2, -0.15) is 0 Å². The maximum absolute atomic E-state index is 10.8. The lowest BCUT2D eigenvalue weighted by molar-refractivity contribution is -0.147. The number of carbonyl (C=O) groups excluding carboxylic acids is 1. The van der Waals surface area contributed by atoms with Crippen LogP contribution in [0.15, 0.2) is 12.2 Å². The van der Waals surface area contributed by atoms with E-state index in [1.54, 1.807) is 0 Å². The lowest BCUT2D eigenvalue weighted by atomic mass is 9.43. The summed E-state index contributed by atoms with van der Waals surface area (Å²) >= 11 is 0. The van der Waals surface area contributed by atoms with E-state index in [4.69, 9.17) is 4.74 Å². The zero-order valence-electron chi connectivity index (χ0n) is 18.9. The maximum Gasteiger partial charge on any atom is 0.119 e. The summed E-state index contributed by atoms with van der Waals surface area (Å²) in [4.78, 5) is 10.8. The molecule has 5 fully saturated rings. The number of rotatable bonds is 4. The van der Waals surface area contributed by atoms with Crippen LogP contribution in [0.1, 0.15) is 97.3 Å². The first kappa shape index (κ1) is 20.3. The molecule has 1 saturated heterocycles. The van der Waals surface area contributed by atoms with Crippen LogP contribution in [0, 0.1) is 40.4 Å². The van der Waals surface area contributed by atoms with Crippen molar-refractivity contribution < 1.29 is 9.53 Å². The molecule has 0 radical (unpaired) electrons. The summed E-state index contributed by atoms with van der Waals surface area (Å²) in [6.07, 6.45) is 17.8. The number of fused-ring (bicyclic) bond motifs is 5. The highest BCUT2D eigenvalue weighted by atomic mass is 16.5. The molecule has 0 aromatic rings. The van der Waals surface area contributed by atoms with Crippen molar-refractivity contribution in [2.45, 2.75) is 103 Å². The lowest BCUT2D eigenvalue weighted by Crippen LogP contribution is -2.56. The first-order chi connectivity index (χ1) is 13.9. The molecule has 1 spiro atoms. The van der Waals surface area contributed by atoms with E-state index < -0.39 is 0 Å². The predicted octanol–water partition coefficient (Wildman–Crippen LogP) is 6.73. The van der Waals surface area contributed by atoms with Crippen molar-refractivity contribution in [3.63, 3.8) is 0 Å². The van der Waals surface area contributed by atoms with Crippen LogP contribution in [0.4, 0.5) is 0 Å². The van der Waals surface area contributed by atoms with Crippen molar-refractivity contribution in [1.82, 2.24) is 0 Å². The van der Waals surface area contributed by atoms with Gasteiger partial charge in [0, 0.05) is 6.42 Å². The molecule has 0 aromatic heterocycles. The van der Waals surface area contributed by atoms with Crippen LogP contribution in [0.25, 0.3) is 0 Å². The van der Waals surface area contributed by atoms with Crippen LogP contribution < -0.4 is 0 Å². The minimum Gasteiger partial charge on any atom is -0.370 e. The Hall–Kier alpha value is -0.630. The van der Waals surface area contributed by atoms with Crippen LogP contribution in [0.2, 0.25) is 0 Å². The fourth-order valence-corrected chi connectivity index (χ4v) is 9.41. The fraction of sp³-hybridized carbons (Fsp3) is 0.889. The highest BCUT2D eigenvalue weighted by Crippen LogP contribution is 2.69. The zero-order valence-corrected chi connectivity index (χ0v) is 18.9. The molecule has 0 bridgehead atoms. The maximum atomic E-state index is 10.8. The summed E-state index contributed by atoms with van der Waals surface area (Å²) in [6.45, 7) is 10.6. The number of aldehydes is 1. The van der Waals surface area contributed by atoms with Gasteiger partial charge in [0.25, 0.3) is 0 Å². The smallest absolute Gasteiger partial charge is 0.119 e. The molecule has 8 atom stereocenters. The van der Waals surface area contributed by atoms with Gasteiger partial charge in [-0.25, -0.2) is 0 Å². The van der Waals surface area contributed by atoms with Gasteiger partial charge in [0.15, 0.2) is 0 Å². The third-order valence-electron chi connectivity index (χ3n) is 11.2. The van der Waals surface area contributed by atoms with E-state index in [1.807, 2.05) is 0 Å². The number of ether oxygens (including phenoxy) is 1. The quantitative estimate of drug-likeness (QED) is 0.298. The van der Waals surface area contributed by atoms with E-state index >= 15 is 0 Å². The van der Waals surface area contributed by atoms with Gasteiger partial charge in [-0.05, 0) is 123 Å². The molecule has 162 valence electrons. The largest absolute Gasteiger partial charge is 0.370 e. The Bertz CT molecular complexity index is 669. The molecule has 4 unspecified atom stereocenters. The topological polar surface area (TPSA) is 26.3 Å². The van der Waals surface area contributed by atoms with Gasteiger partial charge in [-0.1, -0.05) is 20.4 Å². The predicted molar refractivity (Wildman–Crippen MR) is 118 cm³/mol. The molecule has 1 aliphatic heterocycles. The molecule has 29 heavy (non-hydrogen) atoms. The Balaban J connectivity index is 1.33. The standard InChI is InChI=1S/C27H42O2/c1-19-12-17-29-27(19)15-14-26(3)21(18-27)7-9-22-23-10-8-20(6-4-5-16-28)25(23,2)13-11-24(22)26/h16,20-24H,1,4-15,17-18H2,2-3H3/t20-,21-,22?,23?,24?,25+,26-,27?/m0/s1. The second kappa shape index (κ2) is 7.21. The molecule has 5 rings (SSSR count). The molecule has 0 N–H and O–H groups in total. The Morgan fingerprint density at radius 1 is 1.03 bits per heavy atom. The molecule has 0 aromatic carbocycles. The Kier molecular flexibility index (Phi) is 5.04. The summed E-state index contributed by atoms with van der Waals surface area (Å²) in [5.41, 5.74) is 2.51. The molecule has 5 aliphatic rings. The van der Waals surface area contributed by atoms with Crippen molar-refractivity contribution in [3.8, 4) is 0 Å². The molecule has 4 saturated carbocycles. The summed E-state index contributed by atoms with van der Waals surface area (Å²) in [6, 6.07) is 0. The molecule has 2 heteroatoms. The van der Waals surface area contributed by atoms with E-state index in [2.05, 4.69) is 20.4 Å². The molecular weight excluding hydrogens is 356 g/mol. The molecule has 0 amide bonds. The molecule has 1 heterocycles. The van der Waals surface area contributed by atoms with Gasteiger partial charge in [0.2, 0.25) is 0 Å². The van der Waals surface area contributed by atoms with Crippen LogP contribution in [-0.2, 0) is 9.53 Å². The van der Waals surface area contributed by atoms with Crippen LogP contribution in [0.3, 0.4) is 0 Å². The van der Waals surface area contributed by atoms with Gasteiger partial charge in [0.05, 0.1) is 12.2 Å². The third-order valence-corrected chi connectivity index (χ3v) is 11.2. The van der Waals surface area contributed by atoms with Crippen LogP contribution >= 0.6 is 0 Å². The third kappa shape index (κ3) is 2.94. The first-order valence-corrected chi connectivity index (χ1v) is 12.7. The van der Waals surface area contributed by atoms with Crippen molar-refractivity contribution in [2.24, 2.45) is 40.4 Å². The normalized spacial score (nSPS) is 51.5. The Morgan fingerprint density at radius 3 is 2.62 bits per heavy atom. The van der Waals surface area contributed by atoms with Gasteiger partial charge in [0.1, 0.15) is 6.29 Å². The van der Waals surface area contributed by atoms with Gasteiger partial charge >= 0.3 is 0 Å². The van der Waals surface area contributed by atoms with Crippen molar-refractivity contribution >= 4 is 6.29 Å². The highest BCUT2D eigenvalue weighted by Gasteiger charge is 2.61. The number of hydrogen-bond donors (Lipinski definition) is 0. The summed E-state index contributed by atoms with van der Waals surface area (Å²) in [7, 11) is 0. The van der Waals surface area contributed by atoms with E-state index in [0.29, 0.717) is 10.8 Å². The lowest BCUT2D eigenvalue weighted by Gasteiger charge is -2.62. The van der Waals surface area contributed by atoms with Crippen molar-refractivity contribution in [2.75, 3.05) is 6.61 Å². The molecule has 2 nitrogen and oxygen atoms in total. The van der Waals surface area contributed by atoms with Gasteiger partial charge in [-0.15, -0.1) is 0 Å². The van der Waals surface area contributed by atoms with Crippen LogP contribution in [0.5, 0.6) is 0 Å². The first-order valence-electron chi connectivity index (χ1n) is 12.7. The number of hydrogen-bond acceptors (Lipinski definition) is 2. The van der Waals surface area contributed by atoms with E-state index in [1.165, 1.54) is 69.8 Å².